The number of piperazine rings is 1. The molecule has 0 aromatic carbocycles. The molecule has 0 bridgehead atoms. The van der Waals surface area contributed by atoms with Crippen LogP contribution in [0, 0.1) is 0 Å². The van der Waals surface area contributed by atoms with E-state index in [2.05, 4.69) is 29.4 Å². The summed E-state index contributed by atoms with van der Waals surface area (Å²) in [6.07, 6.45) is 7.65. The zero-order valence-corrected chi connectivity index (χ0v) is 15.3. The van der Waals surface area contributed by atoms with Crippen molar-refractivity contribution in [1.82, 2.24) is 19.4 Å². The Morgan fingerprint density at radius 1 is 0.885 bits per heavy atom. The van der Waals surface area contributed by atoms with Crippen LogP contribution in [0.3, 0.4) is 0 Å². The number of hydrogen-bond acceptors (Lipinski definition) is 8. The van der Waals surface area contributed by atoms with Gasteiger partial charge in [0.15, 0.2) is 0 Å². The molecule has 0 aliphatic carbocycles. The summed E-state index contributed by atoms with van der Waals surface area (Å²) in [5, 5.41) is 3.49. The molecule has 2 aliphatic rings. The molecule has 4 rings (SSSR count). The van der Waals surface area contributed by atoms with Crippen molar-refractivity contribution in [2.45, 2.75) is 24.2 Å². The molecule has 0 saturated carbocycles. The summed E-state index contributed by atoms with van der Waals surface area (Å²) in [5.74, 6) is 1.80. The smallest absolute Gasteiger partial charge is 0.248 e. The second-order valence-electron chi connectivity index (χ2n) is 6.53. The molecule has 2 fully saturated rings. The lowest BCUT2D eigenvalue weighted by atomic mass is 10.1. The predicted molar refractivity (Wildman–Crippen MR) is 95.6 cm³/mol. The Kier molecular flexibility index (Phi) is 4.77. The molecule has 0 unspecified atom stereocenters. The van der Waals surface area contributed by atoms with Gasteiger partial charge in [-0.3, -0.25) is 0 Å². The lowest BCUT2D eigenvalue weighted by molar-refractivity contribution is 0.382. The van der Waals surface area contributed by atoms with Gasteiger partial charge in [0.05, 0.1) is 6.20 Å². The van der Waals surface area contributed by atoms with E-state index in [0.29, 0.717) is 26.2 Å². The Labute approximate surface area is 152 Å². The van der Waals surface area contributed by atoms with Gasteiger partial charge in [0.1, 0.15) is 29.1 Å². The molecule has 2 saturated heterocycles. The van der Waals surface area contributed by atoms with Crippen molar-refractivity contribution in [3.05, 3.63) is 24.9 Å². The molecule has 4 heterocycles. The van der Waals surface area contributed by atoms with Gasteiger partial charge >= 0.3 is 0 Å². The largest absolute Gasteiger partial charge is 0.363 e. The Balaban J connectivity index is 1.43. The maximum atomic E-state index is 12.5. The molecule has 0 amide bonds. The summed E-state index contributed by atoms with van der Waals surface area (Å²) in [6.45, 7) is 4.03. The number of piperidine rings is 1. The maximum absolute atomic E-state index is 12.5. The maximum Gasteiger partial charge on any atom is 0.248 e. The third kappa shape index (κ3) is 3.38. The second-order valence-corrected chi connectivity index (χ2v) is 8.47. The Morgan fingerprint density at radius 2 is 1.54 bits per heavy atom. The minimum atomic E-state index is -3.54. The average Bonchev–Trinajstić information content (AvgIpc) is 3.25. The fourth-order valence-electron chi connectivity index (χ4n) is 3.44. The van der Waals surface area contributed by atoms with E-state index >= 15 is 0 Å². The van der Waals surface area contributed by atoms with E-state index in [4.69, 9.17) is 0 Å². The normalized spacial score (nSPS) is 19.7. The van der Waals surface area contributed by atoms with Crippen LogP contribution in [-0.4, -0.2) is 67.1 Å². The summed E-state index contributed by atoms with van der Waals surface area (Å²) < 4.78 is 31.2. The predicted octanol–water partition coefficient (Wildman–Crippen LogP) is 0.966. The van der Waals surface area contributed by atoms with E-state index < -0.39 is 10.0 Å². The number of rotatable bonds is 4. The minimum absolute atomic E-state index is 0.0976. The highest BCUT2D eigenvalue weighted by molar-refractivity contribution is 7.89. The Bertz CT molecular complexity index is 827. The van der Waals surface area contributed by atoms with Gasteiger partial charge in [-0.2, -0.15) is 4.31 Å². The third-order valence-electron chi connectivity index (χ3n) is 4.93. The van der Waals surface area contributed by atoms with Crippen molar-refractivity contribution in [2.24, 2.45) is 0 Å². The number of anilines is 2. The van der Waals surface area contributed by atoms with Crippen LogP contribution in [0.5, 0.6) is 0 Å². The van der Waals surface area contributed by atoms with Crippen LogP contribution in [0.4, 0.5) is 11.6 Å². The summed E-state index contributed by atoms with van der Waals surface area (Å²) in [5.41, 5.74) is 0. The van der Waals surface area contributed by atoms with E-state index in [-0.39, 0.29) is 4.90 Å². The first-order valence-corrected chi connectivity index (χ1v) is 10.3. The molecule has 0 spiro atoms. The molecule has 140 valence electrons. The van der Waals surface area contributed by atoms with Crippen molar-refractivity contribution in [1.29, 1.82) is 0 Å². The summed E-state index contributed by atoms with van der Waals surface area (Å²) >= 11 is 0. The van der Waals surface area contributed by atoms with Gasteiger partial charge in [0.2, 0.25) is 10.0 Å². The van der Waals surface area contributed by atoms with E-state index in [1.807, 2.05) is 6.07 Å². The average molecular weight is 378 g/mol. The van der Waals surface area contributed by atoms with Crippen LogP contribution in [0.2, 0.25) is 0 Å². The summed E-state index contributed by atoms with van der Waals surface area (Å²) in [7, 11) is -3.54. The van der Waals surface area contributed by atoms with E-state index in [9.17, 15) is 8.42 Å². The van der Waals surface area contributed by atoms with Crippen molar-refractivity contribution >= 4 is 21.7 Å². The van der Waals surface area contributed by atoms with Crippen molar-refractivity contribution in [2.75, 3.05) is 49.1 Å². The number of hydrogen-bond donors (Lipinski definition) is 0. The number of aromatic nitrogens is 3. The van der Waals surface area contributed by atoms with Crippen LogP contribution in [0.1, 0.15) is 19.3 Å². The standard InChI is InChI=1S/C16H22N6O3S/c23-26(24,14-11-19-25-12-14)22-8-6-21(7-9-22)16-10-15(17-13-18-16)20-4-2-1-3-5-20/h10-13H,1-9H2. The fraction of sp³-hybridized carbons (Fsp3) is 0.562. The lowest BCUT2D eigenvalue weighted by Gasteiger charge is -2.35. The number of sulfonamides is 1. The van der Waals surface area contributed by atoms with Crippen LogP contribution in [-0.2, 0) is 10.0 Å². The van der Waals surface area contributed by atoms with Gasteiger partial charge in [-0.15, -0.1) is 0 Å². The lowest BCUT2D eigenvalue weighted by Crippen LogP contribution is -2.48. The van der Waals surface area contributed by atoms with Gasteiger partial charge in [-0.25, -0.2) is 18.4 Å². The highest BCUT2D eigenvalue weighted by atomic mass is 32.2. The molecule has 0 N–H and O–H groups in total. The first-order chi connectivity index (χ1) is 12.6. The molecule has 2 aromatic heterocycles. The molecule has 2 aliphatic heterocycles. The van der Waals surface area contributed by atoms with Crippen molar-refractivity contribution in [3.8, 4) is 0 Å². The molecule has 0 atom stereocenters. The molecular weight excluding hydrogens is 356 g/mol. The zero-order valence-electron chi connectivity index (χ0n) is 14.5. The summed E-state index contributed by atoms with van der Waals surface area (Å²) in [4.78, 5) is 13.3. The highest BCUT2D eigenvalue weighted by Crippen LogP contribution is 2.23. The van der Waals surface area contributed by atoms with Gasteiger partial charge in [0, 0.05) is 45.3 Å². The number of nitrogens with zero attached hydrogens (tertiary/aromatic N) is 6. The van der Waals surface area contributed by atoms with E-state index in [1.54, 1.807) is 6.33 Å². The second kappa shape index (κ2) is 7.20. The first kappa shape index (κ1) is 17.2. The third-order valence-corrected chi connectivity index (χ3v) is 6.77. The van der Waals surface area contributed by atoms with Gasteiger partial charge in [-0.1, -0.05) is 5.16 Å². The Morgan fingerprint density at radius 3 is 2.15 bits per heavy atom. The highest BCUT2D eigenvalue weighted by Gasteiger charge is 2.30. The first-order valence-electron chi connectivity index (χ1n) is 8.86. The Hall–Kier alpha value is -2.20. The van der Waals surface area contributed by atoms with Crippen LogP contribution in [0.25, 0.3) is 0 Å². The molecular formula is C16H22N6O3S. The van der Waals surface area contributed by atoms with Crippen LogP contribution in [0.15, 0.2) is 34.3 Å². The van der Waals surface area contributed by atoms with Crippen molar-refractivity contribution < 1.29 is 12.9 Å². The van der Waals surface area contributed by atoms with E-state index in [0.717, 1.165) is 31.0 Å². The van der Waals surface area contributed by atoms with Crippen LogP contribution < -0.4 is 9.80 Å². The minimum Gasteiger partial charge on any atom is -0.363 e. The SMILES string of the molecule is O=S(=O)(c1cnoc1)N1CCN(c2cc(N3CCCCC3)ncn2)CC1. The molecule has 9 nitrogen and oxygen atoms in total. The molecule has 26 heavy (non-hydrogen) atoms. The fourth-order valence-corrected chi connectivity index (χ4v) is 4.72. The molecule has 0 radical (unpaired) electrons. The monoisotopic (exact) mass is 378 g/mol. The van der Waals surface area contributed by atoms with Gasteiger partial charge in [-0.05, 0) is 19.3 Å². The van der Waals surface area contributed by atoms with Gasteiger partial charge < -0.3 is 14.3 Å². The topological polar surface area (TPSA) is 95.7 Å². The van der Waals surface area contributed by atoms with Gasteiger partial charge in [0.25, 0.3) is 0 Å². The molecule has 2 aromatic rings. The quantitative estimate of drug-likeness (QED) is 0.776. The summed E-state index contributed by atoms with van der Waals surface area (Å²) in [6, 6.07) is 2.01. The van der Waals surface area contributed by atoms with E-state index in [1.165, 1.54) is 29.8 Å². The van der Waals surface area contributed by atoms with Crippen LogP contribution >= 0.6 is 0 Å². The van der Waals surface area contributed by atoms with Crippen molar-refractivity contribution in [3.63, 3.8) is 0 Å². The zero-order chi connectivity index (χ0) is 18.0. The molecule has 10 heteroatoms.